The Morgan fingerprint density at radius 1 is 1.05 bits per heavy atom. The average Bonchev–Trinajstić information content (AvgIpc) is 2.45. The minimum Gasteiger partial charge on any atom is -0.314 e. The molecule has 0 bridgehead atoms. The quantitative estimate of drug-likeness (QED) is 0.820. The summed E-state index contributed by atoms with van der Waals surface area (Å²) in [6, 6.07) is 13.4. The van der Waals surface area contributed by atoms with Gasteiger partial charge in [-0.05, 0) is 60.9 Å². The fourth-order valence-corrected chi connectivity index (χ4v) is 2.04. The highest BCUT2D eigenvalue weighted by atomic mass is 79.9. The molecule has 0 spiro atoms. The SMILES string of the molecule is Cc1ccc(NC(=O)N/C=C/c2ccc(Br)cc2)cc1C. The minimum absolute atomic E-state index is 0.258. The number of carbonyl (C=O) groups excluding carboxylic acids is 1. The first-order valence-corrected chi connectivity index (χ1v) is 7.41. The van der Waals surface area contributed by atoms with Gasteiger partial charge in [0.2, 0.25) is 0 Å². The highest BCUT2D eigenvalue weighted by Crippen LogP contribution is 2.14. The topological polar surface area (TPSA) is 41.1 Å². The van der Waals surface area contributed by atoms with Gasteiger partial charge in [-0.3, -0.25) is 0 Å². The molecule has 0 radical (unpaired) electrons. The number of hydrogen-bond acceptors (Lipinski definition) is 1. The van der Waals surface area contributed by atoms with E-state index in [2.05, 4.69) is 26.6 Å². The zero-order chi connectivity index (χ0) is 15.2. The van der Waals surface area contributed by atoms with E-state index in [-0.39, 0.29) is 6.03 Å². The van der Waals surface area contributed by atoms with Crippen molar-refractivity contribution < 1.29 is 4.79 Å². The van der Waals surface area contributed by atoms with Crippen LogP contribution in [0.2, 0.25) is 0 Å². The van der Waals surface area contributed by atoms with Gasteiger partial charge in [0, 0.05) is 16.4 Å². The first-order valence-electron chi connectivity index (χ1n) is 6.61. The number of carbonyl (C=O) groups is 1. The third-order valence-corrected chi connectivity index (χ3v) is 3.65. The summed E-state index contributed by atoms with van der Waals surface area (Å²) in [5, 5.41) is 5.48. The summed E-state index contributed by atoms with van der Waals surface area (Å²) >= 11 is 3.38. The average molecular weight is 345 g/mol. The third-order valence-electron chi connectivity index (χ3n) is 3.12. The number of aryl methyl sites for hydroxylation is 2. The summed E-state index contributed by atoms with van der Waals surface area (Å²) in [4.78, 5) is 11.8. The number of urea groups is 1. The lowest BCUT2D eigenvalue weighted by Gasteiger charge is -2.07. The smallest absolute Gasteiger partial charge is 0.314 e. The zero-order valence-electron chi connectivity index (χ0n) is 12.0. The van der Waals surface area contributed by atoms with Gasteiger partial charge in [0.25, 0.3) is 0 Å². The summed E-state index contributed by atoms with van der Waals surface area (Å²) in [6.07, 6.45) is 3.46. The van der Waals surface area contributed by atoms with Crippen LogP contribution in [0.1, 0.15) is 16.7 Å². The van der Waals surface area contributed by atoms with Crippen molar-refractivity contribution in [1.82, 2.24) is 5.32 Å². The van der Waals surface area contributed by atoms with E-state index in [9.17, 15) is 4.79 Å². The highest BCUT2D eigenvalue weighted by molar-refractivity contribution is 9.10. The molecule has 0 aliphatic carbocycles. The van der Waals surface area contributed by atoms with E-state index in [1.165, 1.54) is 5.56 Å². The number of benzene rings is 2. The summed E-state index contributed by atoms with van der Waals surface area (Å²) in [7, 11) is 0. The standard InChI is InChI=1S/C17H17BrN2O/c1-12-3-8-16(11-13(12)2)20-17(21)19-10-9-14-4-6-15(18)7-5-14/h3-11H,1-2H3,(H2,19,20,21)/b10-9+. The molecule has 0 aliphatic rings. The number of halogens is 1. The van der Waals surface area contributed by atoms with Crippen molar-refractivity contribution in [3.05, 3.63) is 69.8 Å². The second-order valence-corrected chi connectivity index (χ2v) is 5.70. The molecule has 0 atom stereocenters. The summed E-state index contributed by atoms with van der Waals surface area (Å²) in [6.45, 7) is 4.06. The van der Waals surface area contributed by atoms with Crippen LogP contribution in [0.5, 0.6) is 0 Å². The highest BCUT2D eigenvalue weighted by Gasteiger charge is 2.00. The molecule has 2 aromatic carbocycles. The van der Waals surface area contributed by atoms with Crippen LogP contribution in [0.25, 0.3) is 6.08 Å². The minimum atomic E-state index is -0.258. The van der Waals surface area contributed by atoms with Crippen LogP contribution in [0, 0.1) is 13.8 Å². The van der Waals surface area contributed by atoms with Crippen LogP contribution in [0.4, 0.5) is 10.5 Å². The molecule has 2 amide bonds. The lowest BCUT2D eigenvalue weighted by atomic mass is 10.1. The summed E-state index contributed by atoms with van der Waals surface area (Å²) in [5.74, 6) is 0. The molecule has 0 fully saturated rings. The second kappa shape index (κ2) is 7.09. The van der Waals surface area contributed by atoms with Gasteiger partial charge in [0.1, 0.15) is 0 Å². The Balaban J connectivity index is 1.89. The molecule has 0 heterocycles. The van der Waals surface area contributed by atoms with Crippen LogP contribution < -0.4 is 10.6 Å². The van der Waals surface area contributed by atoms with Crippen molar-refractivity contribution in [2.75, 3.05) is 5.32 Å². The van der Waals surface area contributed by atoms with Gasteiger partial charge in [0.05, 0.1) is 0 Å². The molecule has 0 saturated heterocycles. The molecule has 4 heteroatoms. The van der Waals surface area contributed by atoms with Crippen molar-refractivity contribution in [2.45, 2.75) is 13.8 Å². The Hall–Kier alpha value is -2.07. The first-order chi connectivity index (χ1) is 10.0. The van der Waals surface area contributed by atoms with Gasteiger partial charge in [-0.15, -0.1) is 0 Å². The maximum atomic E-state index is 11.8. The fraction of sp³-hybridized carbons (Fsp3) is 0.118. The fourth-order valence-electron chi connectivity index (χ4n) is 1.77. The number of amides is 2. The Labute approximate surface area is 133 Å². The van der Waals surface area contributed by atoms with Gasteiger partial charge < -0.3 is 10.6 Å². The Bertz CT molecular complexity index is 663. The Morgan fingerprint density at radius 3 is 2.43 bits per heavy atom. The Kier molecular flexibility index (Phi) is 5.17. The van der Waals surface area contributed by atoms with Crippen LogP contribution in [-0.2, 0) is 0 Å². The number of nitrogens with one attached hydrogen (secondary N) is 2. The van der Waals surface area contributed by atoms with Crippen molar-refractivity contribution in [2.24, 2.45) is 0 Å². The molecule has 0 aromatic heterocycles. The molecule has 2 rings (SSSR count). The molecule has 108 valence electrons. The molecule has 0 unspecified atom stereocenters. The molecule has 2 aromatic rings. The lowest BCUT2D eigenvalue weighted by Crippen LogP contribution is -2.23. The monoisotopic (exact) mass is 344 g/mol. The summed E-state index contributed by atoms with van der Waals surface area (Å²) < 4.78 is 1.03. The van der Waals surface area contributed by atoms with Crippen LogP contribution >= 0.6 is 15.9 Å². The van der Waals surface area contributed by atoms with Crippen molar-refractivity contribution in [3.8, 4) is 0 Å². The van der Waals surface area contributed by atoms with Gasteiger partial charge in [-0.25, -0.2) is 4.79 Å². The third kappa shape index (κ3) is 4.76. The molecular weight excluding hydrogens is 328 g/mol. The zero-order valence-corrected chi connectivity index (χ0v) is 13.6. The van der Waals surface area contributed by atoms with Gasteiger partial charge in [-0.2, -0.15) is 0 Å². The van der Waals surface area contributed by atoms with E-state index < -0.39 is 0 Å². The van der Waals surface area contributed by atoms with Gasteiger partial charge in [0.15, 0.2) is 0 Å². The second-order valence-electron chi connectivity index (χ2n) is 4.78. The molecule has 2 N–H and O–H groups in total. The van der Waals surface area contributed by atoms with Crippen LogP contribution in [-0.4, -0.2) is 6.03 Å². The van der Waals surface area contributed by atoms with Crippen LogP contribution in [0.3, 0.4) is 0 Å². The predicted molar refractivity (Wildman–Crippen MR) is 91.2 cm³/mol. The number of hydrogen-bond donors (Lipinski definition) is 2. The van der Waals surface area contributed by atoms with E-state index in [1.54, 1.807) is 6.20 Å². The maximum absolute atomic E-state index is 11.8. The van der Waals surface area contributed by atoms with E-state index in [0.717, 1.165) is 21.3 Å². The lowest BCUT2D eigenvalue weighted by molar-refractivity contribution is 0.255. The van der Waals surface area contributed by atoms with Gasteiger partial charge >= 0.3 is 6.03 Å². The normalized spacial score (nSPS) is 10.6. The first kappa shape index (κ1) is 15.3. The molecule has 0 saturated carbocycles. The van der Waals surface area contributed by atoms with Crippen molar-refractivity contribution in [1.29, 1.82) is 0 Å². The number of anilines is 1. The van der Waals surface area contributed by atoms with Crippen molar-refractivity contribution >= 4 is 33.7 Å². The van der Waals surface area contributed by atoms with E-state index in [4.69, 9.17) is 0 Å². The van der Waals surface area contributed by atoms with Crippen molar-refractivity contribution in [3.63, 3.8) is 0 Å². The van der Waals surface area contributed by atoms with Crippen LogP contribution in [0.15, 0.2) is 53.1 Å². The molecule has 0 aliphatic heterocycles. The molecule has 21 heavy (non-hydrogen) atoms. The van der Waals surface area contributed by atoms with Gasteiger partial charge in [-0.1, -0.05) is 34.1 Å². The molecule has 3 nitrogen and oxygen atoms in total. The van der Waals surface area contributed by atoms with E-state index in [0.29, 0.717) is 0 Å². The number of rotatable bonds is 3. The largest absolute Gasteiger partial charge is 0.323 e. The maximum Gasteiger partial charge on any atom is 0.323 e. The summed E-state index contributed by atoms with van der Waals surface area (Å²) in [5.41, 5.74) is 4.16. The van der Waals surface area contributed by atoms with E-state index >= 15 is 0 Å². The Morgan fingerprint density at radius 2 is 1.76 bits per heavy atom. The van der Waals surface area contributed by atoms with E-state index in [1.807, 2.05) is 62.4 Å². The molecular formula is C17H17BrN2O. The predicted octanol–water partition coefficient (Wildman–Crippen LogP) is 4.86.